The summed E-state index contributed by atoms with van der Waals surface area (Å²) in [4.78, 5) is 1.49. The van der Waals surface area contributed by atoms with Crippen LogP contribution in [-0.2, 0) is 6.42 Å². The van der Waals surface area contributed by atoms with Crippen LogP contribution in [0.3, 0.4) is 0 Å². The topological polar surface area (TPSA) is 49.2 Å². The molecule has 0 saturated carbocycles. The molecule has 1 saturated heterocycles. The summed E-state index contributed by atoms with van der Waals surface area (Å²) in [5.41, 5.74) is 9.24. The molecule has 1 fully saturated rings. The van der Waals surface area contributed by atoms with Crippen LogP contribution >= 0.6 is 22.7 Å². The van der Waals surface area contributed by atoms with E-state index in [-0.39, 0.29) is 18.5 Å². The number of rotatable bonds is 4. The minimum atomic E-state index is -0.101. The summed E-state index contributed by atoms with van der Waals surface area (Å²) in [7, 11) is 0. The second-order valence-corrected chi connectivity index (χ2v) is 15.9. The van der Waals surface area contributed by atoms with Crippen molar-refractivity contribution in [2.24, 2.45) is 0 Å². The second kappa shape index (κ2) is 11.7. The molecule has 1 aliphatic carbocycles. The molecule has 3 aromatic heterocycles. The van der Waals surface area contributed by atoms with Crippen LogP contribution in [0.25, 0.3) is 69.4 Å². The van der Waals surface area contributed by atoms with Gasteiger partial charge in [0.05, 0.1) is 18.5 Å². The lowest BCUT2D eigenvalue weighted by atomic mass is 9.97. The lowest BCUT2D eigenvalue weighted by Gasteiger charge is -2.39. The number of benzene rings is 6. The average molecular weight is 696 g/mol. The molecule has 0 amide bonds. The van der Waals surface area contributed by atoms with Gasteiger partial charge >= 0.3 is 0 Å². The van der Waals surface area contributed by atoms with Crippen molar-refractivity contribution in [2.45, 2.75) is 31.3 Å². The van der Waals surface area contributed by atoms with Crippen LogP contribution < -0.4 is 16.0 Å². The van der Waals surface area contributed by atoms with Gasteiger partial charge in [-0.1, -0.05) is 115 Å². The summed E-state index contributed by atoms with van der Waals surface area (Å²) >= 11 is 3.80. The monoisotopic (exact) mass is 695 g/mol. The van der Waals surface area contributed by atoms with Gasteiger partial charge in [0.15, 0.2) is 0 Å². The number of para-hydroxylation sites is 1. The van der Waals surface area contributed by atoms with Gasteiger partial charge < -0.3 is 4.42 Å². The molecule has 4 nitrogen and oxygen atoms in total. The predicted molar refractivity (Wildman–Crippen MR) is 215 cm³/mol. The van der Waals surface area contributed by atoms with E-state index in [1.807, 2.05) is 22.7 Å². The van der Waals surface area contributed by atoms with Crippen LogP contribution in [-0.4, -0.2) is 0 Å². The lowest BCUT2D eigenvalue weighted by Crippen LogP contribution is -2.54. The van der Waals surface area contributed by atoms with E-state index in [1.165, 1.54) is 63.0 Å². The quantitative estimate of drug-likeness (QED) is 0.172. The highest BCUT2D eigenvalue weighted by Crippen LogP contribution is 2.44. The normalized spacial score (nSPS) is 19.1. The second-order valence-electron chi connectivity index (χ2n) is 13.7. The molecule has 3 N–H and O–H groups in total. The largest absolute Gasteiger partial charge is 0.455 e. The minimum Gasteiger partial charge on any atom is -0.455 e. The van der Waals surface area contributed by atoms with Crippen LogP contribution in [0.5, 0.6) is 0 Å². The fourth-order valence-electron chi connectivity index (χ4n) is 8.18. The summed E-state index contributed by atoms with van der Waals surface area (Å²) in [5, 5.41) is 17.9. The first-order valence-corrected chi connectivity index (χ1v) is 19.3. The lowest BCUT2D eigenvalue weighted by molar-refractivity contribution is 0.203. The van der Waals surface area contributed by atoms with E-state index in [4.69, 9.17) is 4.42 Å². The van der Waals surface area contributed by atoms with Crippen molar-refractivity contribution in [1.82, 2.24) is 16.0 Å². The third-order valence-corrected chi connectivity index (χ3v) is 13.1. The van der Waals surface area contributed by atoms with Gasteiger partial charge in [0.1, 0.15) is 11.2 Å². The Bertz CT molecular complexity index is 2830. The fourth-order valence-corrected chi connectivity index (χ4v) is 10.7. The number of hydrogen-bond donors (Lipinski definition) is 3. The van der Waals surface area contributed by atoms with Gasteiger partial charge in [0, 0.05) is 57.0 Å². The van der Waals surface area contributed by atoms with Gasteiger partial charge in [-0.15, -0.1) is 22.7 Å². The Morgan fingerprint density at radius 2 is 1.24 bits per heavy atom. The van der Waals surface area contributed by atoms with Crippen molar-refractivity contribution in [2.75, 3.05) is 0 Å². The molecule has 51 heavy (non-hydrogen) atoms. The Morgan fingerprint density at radius 3 is 2.12 bits per heavy atom. The fraction of sp³-hybridized carbons (Fsp3) is 0.111. The van der Waals surface area contributed by atoms with Gasteiger partial charge in [-0.3, -0.25) is 16.0 Å². The first-order chi connectivity index (χ1) is 25.2. The molecule has 9 aromatic rings. The van der Waals surface area contributed by atoms with Crippen molar-refractivity contribution in [3.63, 3.8) is 0 Å². The van der Waals surface area contributed by atoms with E-state index < -0.39 is 0 Å². The van der Waals surface area contributed by atoms with E-state index in [9.17, 15) is 0 Å². The molecular weight excluding hydrogens is 663 g/mol. The maximum absolute atomic E-state index is 6.72. The van der Waals surface area contributed by atoms with Crippen molar-refractivity contribution in [1.29, 1.82) is 0 Å². The van der Waals surface area contributed by atoms with Gasteiger partial charge in [0.25, 0.3) is 0 Å². The zero-order valence-electron chi connectivity index (χ0n) is 27.7. The van der Waals surface area contributed by atoms with Gasteiger partial charge in [-0.05, 0) is 59.4 Å². The molecule has 0 spiro atoms. The third kappa shape index (κ3) is 4.83. The Hall–Kier alpha value is -5.08. The van der Waals surface area contributed by atoms with Crippen LogP contribution in [0, 0.1) is 0 Å². The van der Waals surface area contributed by atoms with E-state index in [2.05, 4.69) is 155 Å². The van der Waals surface area contributed by atoms with Crippen molar-refractivity contribution < 1.29 is 4.42 Å². The molecule has 11 rings (SSSR count). The Labute approximate surface area is 303 Å². The van der Waals surface area contributed by atoms with Gasteiger partial charge in [-0.2, -0.15) is 0 Å². The number of nitrogens with one attached hydrogen (secondary N) is 3. The molecular formula is C45H33N3OS2. The maximum atomic E-state index is 6.72. The highest BCUT2D eigenvalue weighted by molar-refractivity contribution is 7.25. The average Bonchev–Trinajstić information content (AvgIpc) is 3.89. The first kappa shape index (κ1) is 29.6. The number of aryl methyl sites for hydroxylation is 1. The molecule has 0 radical (unpaired) electrons. The molecule has 4 heterocycles. The number of thiophene rings is 2. The summed E-state index contributed by atoms with van der Waals surface area (Å²) in [5.74, 6) is 0. The van der Waals surface area contributed by atoms with Crippen molar-refractivity contribution in [3.05, 3.63) is 161 Å². The molecule has 3 atom stereocenters. The zero-order valence-corrected chi connectivity index (χ0v) is 29.3. The third-order valence-electron chi connectivity index (χ3n) is 10.7. The smallest absolute Gasteiger partial charge is 0.143 e. The van der Waals surface area contributed by atoms with Crippen molar-refractivity contribution in [3.8, 4) is 11.1 Å². The summed E-state index contributed by atoms with van der Waals surface area (Å²) < 4.78 is 10.7. The molecule has 1 aliphatic heterocycles. The van der Waals surface area contributed by atoms with E-state index in [1.54, 1.807) is 0 Å². The molecule has 0 bridgehead atoms. The Balaban J connectivity index is 1.00. The summed E-state index contributed by atoms with van der Waals surface area (Å²) in [6.07, 6.45) is 6.64. The van der Waals surface area contributed by atoms with Crippen LogP contribution in [0.2, 0.25) is 0 Å². The van der Waals surface area contributed by atoms with E-state index in [0.717, 1.165) is 40.3 Å². The predicted octanol–water partition coefficient (Wildman–Crippen LogP) is 12.0. The zero-order chi connectivity index (χ0) is 33.5. The standard InChI is InChI=1S/C45H33N3OS2/c1-2-10-26(11-3-1)43-46-44(48-45(47-43)28-20-22-31-29-12-4-6-18-38(29)50-40(31)25-28)27-21-23-37-36(24-27)33-15-8-14-32(41(33)49-37)35-17-9-16-34-30-13-5-7-19-39(30)51-42(34)35/h1-6,8-18,20-25,43-48H,7,19H2. The molecule has 246 valence electrons. The number of fused-ring (bicyclic) bond motifs is 9. The number of furan rings is 1. The van der Waals surface area contributed by atoms with Crippen molar-refractivity contribution >= 4 is 80.9 Å². The van der Waals surface area contributed by atoms with Crippen LogP contribution in [0.1, 0.15) is 52.0 Å². The van der Waals surface area contributed by atoms with Crippen LogP contribution in [0.15, 0.2) is 138 Å². The highest BCUT2D eigenvalue weighted by atomic mass is 32.1. The molecule has 3 unspecified atom stereocenters. The first-order valence-electron chi connectivity index (χ1n) is 17.7. The van der Waals surface area contributed by atoms with Crippen LogP contribution in [0.4, 0.5) is 0 Å². The highest BCUT2D eigenvalue weighted by Gasteiger charge is 2.30. The Morgan fingerprint density at radius 1 is 0.529 bits per heavy atom. The van der Waals surface area contributed by atoms with E-state index >= 15 is 0 Å². The summed E-state index contributed by atoms with van der Waals surface area (Å²) in [6.45, 7) is 0. The number of allylic oxidation sites excluding steroid dienone is 1. The Kier molecular flexibility index (Phi) is 6.82. The molecule has 2 aliphatic rings. The number of hydrogen-bond acceptors (Lipinski definition) is 6. The van der Waals surface area contributed by atoms with Gasteiger partial charge in [0.2, 0.25) is 0 Å². The van der Waals surface area contributed by atoms with Gasteiger partial charge in [-0.25, -0.2) is 0 Å². The SMILES string of the molecule is C1=Cc2c(sc3c(-c4cccc5c4oc4ccc(C6NC(c7ccccc7)NC(c7ccc8c(c7)sc7ccccc78)N6)cc45)cccc23)CC1. The maximum Gasteiger partial charge on any atom is 0.143 e. The van der Waals surface area contributed by atoms with E-state index in [0.29, 0.717) is 0 Å². The molecule has 6 aromatic carbocycles. The minimum absolute atomic E-state index is 0.0455. The summed E-state index contributed by atoms with van der Waals surface area (Å²) in [6, 6.07) is 46.2. The molecule has 6 heteroatoms.